The molecule has 0 bridgehead atoms. The fourth-order valence-electron chi connectivity index (χ4n) is 4.40. The standard InChI is InChI=1S/C24H25N5O2/c1-16-6-4-8-18(14-16)29-22(30)12-11-21(27-29)24(31)28-13-5-7-17(15-28)23-25-19-9-2-3-10-20(19)26-23/h2-4,6,8-10,14,17H,5,7,11-13,15H2,1H3,(H,25,26). The quantitative estimate of drug-likeness (QED) is 0.707. The number of nitrogens with one attached hydrogen (secondary N) is 1. The zero-order chi connectivity index (χ0) is 21.4. The lowest BCUT2D eigenvalue weighted by Gasteiger charge is -2.33. The molecule has 158 valence electrons. The molecule has 2 aliphatic rings. The van der Waals surface area contributed by atoms with E-state index < -0.39 is 0 Å². The number of likely N-dealkylation sites (tertiary alicyclic amines) is 1. The highest BCUT2D eigenvalue weighted by atomic mass is 16.2. The fourth-order valence-corrected chi connectivity index (χ4v) is 4.40. The first kappa shape index (κ1) is 19.5. The van der Waals surface area contributed by atoms with E-state index in [1.807, 2.05) is 60.4 Å². The van der Waals surface area contributed by atoms with Crippen LogP contribution in [-0.2, 0) is 9.59 Å². The van der Waals surface area contributed by atoms with Gasteiger partial charge >= 0.3 is 0 Å². The van der Waals surface area contributed by atoms with E-state index in [0.29, 0.717) is 37.3 Å². The van der Waals surface area contributed by atoms with Gasteiger partial charge in [0, 0.05) is 31.8 Å². The van der Waals surface area contributed by atoms with Crippen molar-refractivity contribution in [3.05, 3.63) is 59.9 Å². The second kappa shape index (κ2) is 7.98. The van der Waals surface area contributed by atoms with Crippen LogP contribution in [0, 0.1) is 6.92 Å². The summed E-state index contributed by atoms with van der Waals surface area (Å²) in [4.78, 5) is 35.7. The third-order valence-corrected chi connectivity index (χ3v) is 6.03. The van der Waals surface area contributed by atoms with E-state index in [0.717, 1.165) is 35.3 Å². The molecule has 7 heteroatoms. The number of aromatic amines is 1. The normalized spacial score (nSPS) is 19.6. The van der Waals surface area contributed by atoms with Gasteiger partial charge in [-0.2, -0.15) is 5.10 Å². The summed E-state index contributed by atoms with van der Waals surface area (Å²) in [6.45, 7) is 3.28. The number of carbonyl (C=O) groups excluding carboxylic acids is 2. The number of para-hydroxylation sites is 2. The molecule has 0 spiro atoms. The number of carbonyl (C=O) groups is 2. The van der Waals surface area contributed by atoms with Crippen LogP contribution in [0.1, 0.15) is 43.0 Å². The van der Waals surface area contributed by atoms with E-state index in [1.165, 1.54) is 5.01 Å². The summed E-state index contributed by atoms with van der Waals surface area (Å²) in [5, 5.41) is 5.85. The van der Waals surface area contributed by atoms with Crippen molar-refractivity contribution in [2.75, 3.05) is 18.1 Å². The van der Waals surface area contributed by atoms with Crippen molar-refractivity contribution in [1.82, 2.24) is 14.9 Å². The monoisotopic (exact) mass is 415 g/mol. The summed E-state index contributed by atoms with van der Waals surface area (Å²) in [6, 6.07) is 15.6. The van der Waals surface area contributed by atoms with Crippen molar-refractivity contribution in [3.8, 4) is 0 Å². The molecule has 2 amide bonds. The van der Waals surface area contributed by atoms with Gasteiger partial charge in [-0.15, -0.1) is 0 Å². The highest BCUT2D eigenvalue weighted by Crippen LogP contribution is 2.28. The number of hydrogen-bond donors (Lipinski definition) is 1. The molecule has 1 fully saturated rings. The Labute approximate surface area is 180 Å². The topological polar surface area (TPSA) is 81.7 Å². The number of rotatable bonds is 3. The van der Waals surface area contributed by atoms with Crippen LogP contribution >= 0.6 is 0 Å². The molecule has 0 radical (unpaired) electrons. The van der Waals surface area contributed by atoms with Crippen molar-refractivity contribution in [1.29, 1.82) is 0 Å². The van der Waals surface area contributed by atoms with Gasteiger partial charge in [-0.3, -0.25) is 9.59 Å². The Balaban J connectivity index is 1.36. The molecule has 1 atom stereocenters. The first-order valence-corrected chi connectivity index (χ1v) is 10.8. The van der Waals surface area contributed by atoms with E-state index >= 15 is 0 Å². The molecule has 1 unspecified atom stereocenters. The molecule has 3 heterocycles. The number of nitrogens with zero attached hydrogens (tertiary/aromatic N) is 4. The van der Waals surface area contributed by atoms with Crippen LogP contribution in [0.4, 0.5) is 5.69 Å². The number of hydrogen-bond acceptors (Lipinski definition) is 4. The van der Waals surface area contributed by atoms with Gasteiger partial charge in [0.2, 0.25) is 5.91 Å². The number of amides is 2. The van der Waals surface area contributed by atoms with Crippen molar-refractivity contribution < 1.29 is 9.59 Å². The van der Waals surface area contributed by atoms with Gasteiger partial charge in [0.15, 0.2) is 0 Å². The van der Waals surface area contributed by atoms with Gasteiger partial charge in [-0.05, 0) is 49.6 Å². The van der Waals surface area contributed by atoms with E-state index in [9.17, 15) is 9.59 Å². The van der Waals surface area contributed by atoms with Gasteiger partial charge in [-0.25, -0.2) is 9.99 Å². The molecule has 2 aromatic carbocycles. The number of imidazole rings is 1. The summed E-state index contributed by atoms with van der Waals surface area (Å²) in [5.74, 6) is 0.941. The Morgan fingerprint density at radius 1 is 1.13 bits per heavy atom. The van der Waals surface area contributed by atoms with Crippen LogP contribution in [0.3, 0.4) is 0 Å². The largest absolute Gasteiger partial charge is 0.342 e. The van der Waals surface area contributed by atoms with Crippen LogP contribution in [0.25, 0.3) is 11.0 Å². The molecule has 2 aliphatic heterocycles. The number of aromatic nitrogens is 2. The lowest BCUT2D eigenvalue weighted by atomic mass is 9.96. The van der Waals surface area contributed by atoms with Crippen LogP contribution < -0.4 is 5.01 Å². The van der Waals surface area contributed by atoms with Gasteiger partial charge in [-0.1, -0.05) is 24.3 Å². The maximum Gasteiger partial charge on any atom is 0.270 e. The molecule has 1 N–H and O–H groups in total. The molecule has 7 nitrogen and oxygen atoms in total. The summed E-state index contributed by atoms with van der Waals surface area (Å²) < 4.78 is 0. The number of anilines is 1. The molecule has 5 rings (SSSR count). The maximum absolute atomic E-state index is 13.3. The van der Waals surface area contributed by atoms with Gasteiger partial charge in [0.1, 0.15) is 11.5 Å². The lowest BCUT2D eigenvalue weighted by molar-refractivity contribution is -0.125. The van der Waals surface area contributed by atoms with E-state index in [1.54, 1.807) is 0 Å². The van der Waals surface area contributed by atoms with Crippen LogP contribution in [0.5, 0.6) is 0 Å². The van der Waals surface area contributed by atoms with Gasteiger partial charge < -0.3 is 9.88 Å². The Morgan fingerprint density at radius 2 is 2.00 bits per heavy atom. The number of fused-ring (bicyclic) bond motifs is 1. The average Bonchev–Trinajstić information content (AvgIpc) is 3.23. The Hall–Kier alpha value is -3.48. The number of H-pyrrole nitrogens is 1. The minimum atomic E-state index is -0.0825. The highest BCUT2D eigenvalue weighted by Gasteiger charge is 2.32. The lowest BCUT2D eigenvalue weighted by Crippen LogP contribution is -2.45. The molecular formula is C24H25N5O2. The second-order valence-electron chi connectivity index (χ2n) is 8.32. The molecule has 3 aromatic rings. The van der Waals surface area contributed by atoms with Gasteiger partial charge in [0.05, 0.1) is 16.7 Å². The summed E-state index contributed by atoms with van der Waals surface area (Å²) >= 11 is 0. The van der Waals surface area contributed by atoms with Crippen molar-refractivity contribution in [2.24, 2.45) is 5.10 Å². The first-order valence-electron chi connectivity index (χ1n) is 10.8. The number of hydrazone groups is 1. The summed E-state index contributed by atoms with van der Waals surface area (Å²) in [6.07, 6.45) is 2.58. The third kappa shape index (κ3) is 3.83. The minimum Gasteiger partial charge on any atom is -0.342 e. The first-order chi connectivity index (χ1) is 15.1. The summed E-state index contributed by atoms with van der Waals surface area (Å²) in [5.41, 5.74) is 4.17. The molecule has 0 saturated carbocycles. The van der Waals surface area contributed by atoms with Crippen molar-refractivity contribution in [2.45, 2.75) is 38.5 Å². The number of benzene rings is 2. The zero-order valence-corrected chi connectivity index (χ0v) is 17.5. The van der Waals surface area contributed by atoms with Crippen LogP contribution in [0.2, 0.25) is 0 Å². The van der Waals surface area contributed by atoms with Gasteiger partial charge in [0.25, 0.3) is 5.91 Å². The molecule has 1 saturated heterocycles. The predicted octanol–water partition coefficient (Wildman–Crippen LogP) is 3.76. The van der Waals surface area contributed by atoms with Crippen LogP contribution in [0.15, 0.2) is 53.6 Å². The predicted molar refractivity (Wildman–Crippen MR) is 120 cm³/mol. The third-order valence-electron chi connectivity index (χ3n) is 6.03. The molecule has 1 aromatic heterocycles. The Morgan fingerprint density at radius 3 is 2.84 bits per heavy atom. The molecular weight excluding hydrogens is 390 g/mol. The minimum absolute atomic E-state index is 0.0778. The van der Waals surface area contributed by atoms with Crippen molar-refractivity contribution >= 4 is 34.2 Å². The zero-order valence-electron chi connectivity index (χ0n) is 17.5. The number of aryl methyl sites for hydroxylation is 1. The van der Waals surface area contributed by atoms with E-state index in [-0.39, 0.29) is 17.7 Å². The highest BCUT2D eigenvalue weighted by molar-refractivity contribution is 6.40. The van der Waals surface area contributed by atoms with Crippen LogP contribution in [-0.4, -0.2) is 45.5 Å². The SMILES string of the molecule is Cc1cccc(N2N=C(C(=O)N3CCCC(c4nc5ccccc5[nH]4)C3)CCC2=O)c1. The van der Waals surface area contributed by atoms with Crippen molar-refractivity contribution in [3.63, 3.8) is 0 Å². The second-order valence-corrected chi connectivity index (χ2v) is 8.32. The Kier molecular flexibility index (Phi) is 5.02. The average molecular weight is 415 g/mol. The maximum atomic E-state index is 13.3. The van der Waals surface area contributed by atoms with E-state index in [2.05, 4.69) is 10.1 Å². The molecule has 0 aliphatic carbocycles. The fraction of sp³-hybridized carbons (Fsp3) is 0.333. The molecule has 31 heavy (non-hydrogen) atoms. The number of piperidine rings is 1. The Bertz CT molecular complexity index is 1150. The smallest absolute Gasteiger partial charge is 0.270 e. The van der Waals surface area contributed by atoms with E-state index in [4.69, 9.17) is 4.98 Å². The summed E-state index contributed by atoms with van der Waals surface area (Å²) in [7, 11) is 0.